The predicted octanol–water partition coefficient (Wildman–Crippen LogP) is 4.11. The number of allylic oxidation sites excluding steroid dienone is 2. The molecule has 0 heterocycles. The molecular weight excluding hydrogens is 207 g/mol. The van der Waals surface area contributed by atoms with Crippen molar-refractivity contribution >= 4 is 0 Å². The summed E-state index contributed by atoms with van der Waals surface area (Å²) >= 11 is 0. The number of rotatable bonds is 7. The van der Waals surface area contributed by atoms with E-state index in [2.05, 4.69) is 6.58 Å². The van der Waals surface area contributed by atoms with Crippen LogP contribution in [-0.2, 0) is 9.47 Å². The number of ether oxygens (including phenoxy) is 2. The van der Waals surface area contributed by atoms with Gasteiger partial charge in [-0.15, -0.1) is 0 Å². The van der Waals surface area contributed by atoms with Crippen molar-refractivity contribution in [3.05, 3.63) is 35.6 Å². The summed E-state index contributed by atoms with van der Waals surface area (Å²) in [5, 5.41) is 0. The van der Waals surface area contributed by atoms with Crippen molar-refractivity contribution in [3.8, 4) is 0 Å². The Bertz CT molecular complexity index is 290. The maximum absolute atomic E-state index is 13.5. The normalized spacial score (nSPS) is 13.2. The van der Waals surface area contributed by atoms with Crippen LogP contribution in [0.4, 0.5) is 4.39 Å². The fraction of sp³-hybridized carbons (Fsp3) is 0.538. The fourth-order valence-corrected chi connectivity index (χ4v) is 1.19. The Morgan fingerprint density at radius 1 is 1.25 bits per heavy atom. The van der Waals surface area contributed by atoms with Gasteiger partial charge in [0, 0.05) is 0 Å². The highest BCUT2D eigenvalue weighted by molar-refractivity contribution is 5.41. The summed E-state index contributed by atoms with van der Waals surface area (Å²) in [6, 6.07) is 0. The minimum absolute atomic E-state index is 0.174. The Balaban J connectivity index is 5.02. The molecule has 0 amide bonds. The standard InChI is InChI=1S/C13H21FO2/c1-6-13(14)10(4)12(9-15-7-2)11(5)16-8-3/h9H,5-8H2,1-4H3/b12-9-,13-10+. The molecule has 92 valence electrons. The molecule has 0 aliphatic rings. The van der Waals surface area contributed by atoms with Crippen LogP contribution in [0.25, 0.3) is 0 Å². The van der Waals surface area contributed by atoms with E-state index in [4.69, 9.17) is 9.47 Å². The molecule has 2 nitrogen and oxygen atoms in total. The Morgan fingerprint density at radius 3 is 2.31 bits per heavy atom. The summed E-state index contributed by atoms with van der Waals surface area (Å²) in [6.45, 7) is 12.0. The van der Waals surface area contributed by atoms with E-state index in [1.807, 2.05) is 13.8 Å². The van der Waals surface area contributed by atoms with Gasteiger partial charge in [0.25, 0.3) is 0 Å². The van der Waals surface area contributed by atoms with Crippen molar-refractivity contribution in [3.63, 3.8) is 0 Å². The van der Waals surface area contributed by atoms with Crippen LogP contribution in [0.1, 0.15) is 34.1 Å². The first-order chi connectivity index (χ1) is 7.58. The van der Waals surface area contributed by atoms with Crippen LogP contribution < -0.4 is 0 Å². The summed E-state index contributed by atoms with van der Waals surface area (Å²) in [7, 11) is 0. The van der Waals surface area contributed by atoms with Crippen molar-refractivity contribution < 1.29 is 13.9 Å². The molecule has 0 fully saturated rings. The van der Waals surface area contributed by atoms with E-state index >= 15 is 0 Å². The van der Waals surface area contributed by atoms with Crippen molar-refractivity contribution in [1.29, 1.82) is 0 Å². The van der Waals surface area contributed by atoms with Gasteiger partial charge in [0.05, 0.1) is 25.0 Å². The Hall–Kier alpha value is -1.25. The summed E-state index contributed by atoms with van der Waals surface area (Å²) in [4.78, 5) is 0. The average Bonchev–Trinajstić information content (AvgIpc) is 2.28. The molecule has 0 spiro atoms. The minimum Gasteiger partial charge on any atom is -0.501 e. The lowest BCUT2D eigenvalue weighted by Crippen LogP contribution is -1.99. The third-order valence-corrected chi connectivity index (χ3v) is 2.11. The SMILES string of the molecule is C=C(OCC)C(=C\OCC)/C(C)=C(/F)CC. The molecule has 0 aromatic rings. The van der Waals surface area contributed by atoms with Crippen LogP contribution in [0.15, 0.2) is 35.6 Å². The molecule has 0 saturated carbocycles. The maximum atomic E-state index is 13.5. The van der Waals surface area contributed by atoms with Crippen molar-refractivity contribution in [2.75, 3.05) is 13.2 Å². The Labute approximate surface area is 97.4 Å². The Kier molecular flexibility index (Phi) is 7.34. The van der Waals surface area contributed by atoms with Gasteiger partial charge in [-0.25, -0.2) is 4.39 Å². The molecule has 0 aromatic heterocycles. The molecule has 0 aliphatic carbocycles. The zero-order chi connectivity index (χ0) is 12.6. The van der Waals surface area contributed by atoms with Gasteiger partial charge in [-0.05, 0) is 32.8 Å². The first-order valence-corrected chi connectivity index (χ1v) is 5.57. The lowest BCUT2D eigenvalue weighted by Gasteiger charge is -2.12. The number of hydrogen-bond acceptors (Lipinski definition) is 2. The second-order valence-electron chi connectivity index (χ2n) is 3.23. The zero-order valence-corrected chi connectivity index (χ0v) is 10.6. The largest absolute Gasteiger partial charge is 0.501 e. The highest BCUT2D eigenvalue weighted by atomic mass is 19.1. The third kappa shape index (κ3) is 4.51. The van der Waals surface area contributed by atoms with E-state index in [9.17, 15) is 4.39 Å². The van der Waals surface area contributed by atoms with E-state index in [0.717, 1.165) is 0 Å². The van der Waals surface area contributed by atoms with Gasteiger partial charge >= 0.3 is 0 Å². The van der Waals surface area contributed by atoms with Crippen LogP contribution in [-0.4, -0.2) is 13.2 Å². The zero-order valence-electron chi connectivity index (χ0n) is 10.6. The van der Waals surface area contributed by atoms with Crippen LogP contribution in [0.5, 0.6) is 0 Å². The maximum Gasteiger partial charge on any atom is 0.122 e. The highest BCUT2D eigenvalue weighted by Crippen LogP contribution is 2.24. The van der Waals surface area contributed by atoms with Gasteiger partial charge in [0.1, 0.15) is 11.6 Å². The number of halogens is 1. The number of hydrogen-bond donors (Lipinski definition) is 0. The van der Waals surface area contributed by atoms with E-state index in [-0.39, 0.29) is 5.83 Å². The highest BCUT2D eigenvalue weighted by Gasteiger charge is 2.11. The van der Waals surface area contributed by atoms with Crippen LogP contribution >= 0.6 is 0 Å². The van der Waals surface area contributed by atoms with Crippen LogP contribution in [0.2, 0.25) is 0 Å². The van der Waals surface area contributed by atoms with E-state index in [0.29, 0.717) is 36.5 Å². The van der Waals surface area contributed by atoms with Gasteiger partial charge in [0.2, 0.25) is 0 Å². The lowest BCUT2D eigenvalue weighted by molar-refractivity contribution is 0.229. The van der Waals surface area contributed by atoms with Gasteiger partial charge in [0.15, 0.2) is 0 Å². The molecule has 16 heavy (non-hydrogen) atoms. The molecule has 0 saturated heterocycles. The first-order valence-electron chi connectivity index (χ1n) is 5.57. The Morgan fingerprint density at radius 2 is 1.88 bits per heavy atom. The van der Waals surface area contributed by atoms with Gasteiger partial charge in [-0.3, -0.25) is 0 Å². The molecule has 0 bridgehead atoms. The molecule has 0 aliphatic heterocycles. The van der Waals surface area contributed by atoms with Crippen molar-refractivity contribution in [2.45, 2.75) is 34.1 Å². The molecule has 0 unspecified atom stereocenters. The predicted molar refractivity (Wildman–Crippen MR) is 64.6 cm³/mol. The summed E-state index contributed by atoms with van der Waals surface area (Å²) < 4.78 is 23.9. The van der Waals surface area contributed by atoms with Gasteiger partial charge in [-0.1, -0.05) is 13.5 Å². The molecule has 0 radical (unpaired) electrons. The van der Waals surface area contributed by atoms with Crippen molar-refractivity contribution in [1.82, 2.24) is 0 Å². The average molecular weight is 228 g/mol. The first kappa shape index (κ1) is 14.8. The molecular formula is C13H21FO2. The van der Waals surface area contributed by atoms with Crippen LogP contribution in [0.3, 0.4) is 0 Å². The van der Waals surface area contributed by atoms with Crippen molar-refractivity contribution in [2.24, 2.45) is 0 Å². The molecule has 0 N–H and O–H groups in total. The smallest absolute Gasteiger partial charge is 0.122 e. The molecule has 0 aromatic carbocycles. The van der Waals surface area contributed by atoms with E-state index in [1.165, 1.54) is 6.26 Å². The molecule has 0 atom stereocenters. The summed E-state index contributed by atoms with van der Waals surface area (Å²) in [5.74, 6) is 0.267. The second-order valence-corrected chi connectivity index (χ2v) is 3.23. The molecule has 0 rings (SSSR count). The summed E-state index contributed by atoms with van der Waals surface area (Å²) in [5.41, 5.74) is 1.11. The lowest BCUT2D eigenvalue weighted by atomic mass is 10.1. The monoisotopic (exact) mass is 228 g/mol. The molecule has 3 heteroatoms. The van der Waals surface area contributed by atoms with E-state index in [1.54, 1.807) is 13.8 Å². The summed E-state index contributed by atoms with van der Waals surface area (Å²) in [6.07, 6.45) is 1.86. The van der Waals surface area contributed by atoms with E-state index < -0.39 is 0 Å². The third-order valence-electron chi connectivity index (χ3n) is 2.11. The quantitative estimate of drug-likeness (QED) is 0.482. The van der Waals surface area contributed by atoms with Crippen LogP contribution in [0, 0.1) is 0 Å². The topological polar surface area (TPSA) is 18.5 Å². The van der Waals surface area contributed by atoms with Gasteiger partial charge < -0.3 is 9.47 Å². The second kappa shape index (κ2) is 7.97. The fourth-order valence-electron chi connectivity index (χ4n) is 1.19. The minimum atomic E-state index is -0.174. The van der Waals surface area contributed by atoms with Gasteiger partial charge in [-0.2, -0.15) is 0 Å².